The molecule has 8 nitrogen and oxygen atoms in total. The highest BCUT2D eigenvalue weighted by molar-refractivity contribution is 7.92. The van der Waals surface area contributed by atoms with Crippen LogP contribution in [-0.4, -0.2) is 65.6 Å². The van der Waals surface area contributed by atoms with Crippen molar-refractivity contribution in [2.24, 2.45) is 0 Å². The van der Waals surface area contributed by atoms with E-state index < -0.39 is 11.2 Å². The molecule has 1 fully saturated rings. The molecule has 1 aliphatic rings. The Hall–Kier alpha value is -2.49. The van der Waals surface area contributed by atoms with Crippen LogP contribution in [-0.2, 0) is 22.5 Å². The van der Waals surface area contributed by atoms with E-state index in [-0.39, 0.29) is 35.6 Å². The predicted molar refractivity (Wildman–Crippen MR) is 128 cm³/mol. The maximum Gasteiger partial charge on any atom is 0.287 e. The third kappa shape index (κ3) is 9.49. The molecule has 1 aromatic carbocycles. The van der Waals surface area contributed by atoms with E-state index in [1.807, 2.05) is 12.1 Å². The molecule has 1 aliphatic heterocycles. The summed E-state index contributed by atoms with van der Waals surface area (Å²) in [5, 5.41) is 5.38. The van der Waals surface area contributed by atoms with Crippen LogP contribution in [0.1, 0.15) is 41.8 Å². The van der Waals surface area contributed by atoms with Gasteiger partial charge in [-0.2, -0.15) is 0 Å². The topological polar surface area (TPSA) is 107 Å². The molecule has 2 heterocycles. The Morgan fingerprint density at radius 1 is 1.09 bits per heavy atom. The summed E-state index contributed by atoms with van der Waals surface area (Å²) < 4.78 is 22.8. The molecule has 1 atom stereocenters. The van der Waals surface area contributed by atoms with Gasteiger partial charge in [0, 0.05) is 13.1 Å². The van der Waals surface area contributed by atoms with E-state index in [1.54, 1.807) is 12.1 Å². The van der Waals surface area contributed by atoms with Gasteiger partial charge in [-0.3, -0.25) is 14.5 Å². The second kappa shape index (κ2) is 13.9. The molecule has 9 heteroatoms. The van der Waals surface area contributed by atoms with Crippen LogP contribution >= 0.6 is 0 Å². The number of carbonyl (C=O) groups excluding carboxylic acids is 2. The highest BCUT2D eigenvalue weighted by Gasteiger charge is 2.15. The van der Waals surface area contributed by atoms with Crippen LogP contribution in [0.25, 0.3) is 0 Å². The molecular weight excluding hydrogens is 442 g/mol. The van der Waals surface area contributed by atoms with E-state index in [4.69, 9.17) is 9.15 Å². The molecule has 2 amide bonds. The molecular formula is C24H33N3O5S. The van der Waals surface area contributed by atoms with E-state index >= 15 is 0 Å². The average Bonchev–Trinajstić information content (AvgIpc) is 3.35. The van der Waals surface area contributed by atoms with E-state index in [1.165, 1.54) is 31.1 Å². The normalized spacial score (nSPS) is 15.1. The van der Waals surface area contributed by atoms with Crippen molar-refractivity contribution in [3.63, 3.8) is 0 Å². The standard InChI is InChI=1S/C24H33N3O5S/c28-23(19-33(30)16-11-26-24(29)22-9-5-14-32-22)25-10-6-15-31-21-8-4-7-20(17-21)18-27-12-2-1-3-13-27/h4-5,7-9,14,17H,1-3,6,10-13,15-16,18-19H2,(H,25,28)(H,26,29). The lowest BCUT2D eigenvalue weighted by molar-refractivity contribution is -0.118. The van der Waals surface area contributed by atoms with E-state index in [0.29, 0.717) is 19.6 Å². The number of ether oxygens (including phenoxy) is 1. The third-order valence-corrected chi connectivity index (χ3v) is 6.56. The zero-order valence-electron chi connectivity index (χ0n) is 18.9. The minimum absolute atomic E-state index is 0.0873. The van der Waals surface area contributed by atoms with Crippen molar-refractivity contribution in [3.8, 4) is 5.75 Å². The Labute approximate surface area is 198 Å². The molecule has 0 saturated carbocycles. The summed E-state index contributed by atoms with van der Waals surface area (Å²) in [6.45, 7) is 4.44. The summed E-state index contributed by atoms with van der Waals surface area (Å²) in [4.78, 5) is 26.2. The fraction of sp³-hybridized carbons (Fsp3) is 0.500. The predicted octanol–water partition coefficient (Wildman–Crippen LogP) is 2.33. The smallest absolute Gasteiger partial charge is 0.287 e. The maximum atomic E-state index is 12.0. The molecule has 1 saturated heterocycles. The quantitative estimate of drug-likeness (QED) is 0.340. The Morgan fingerprint density at radius 3 is 2.73 bits per heavy atom. The number of piperidine rings is 1. The number of nitrogens with zero attached hydrogens (tertiary/aromatic N) is 1. The van der Waals surface area contributed by atoms with Crippen LogP contribution in [0.15, 0.2) is 47.1 Å². The van der Waals surface area contributed by atoms with Gasteiger partial charge in [0.25, 0.3) is 11.8 Å². The van der Waals surface area contributed by atoms with Gasteiger partial charge in [-0.15, -0.1) is 0 Å². The van der Waals surface area contributed by atoms with Crippen LogP contribution < -0.4 is 15.4 Å². The lowest BCUT2D eigenvalue weighted by Crippen LogP contribution is -2.35. The van der Waals surface area contributed by atoms with Gasteiger partial charge in [0.15, 0.2) is 11.5 Å². The van der Waals surface area contributed by atoms with Crippen molar-refractivity contribution >= 4 is 23.0 Å². The minimum Gasteiger partial charge on any atom is -0.616 e. The van der Waals surface area contributed by atoms with Crippen molar-refractivity contribution in [1.29, 1.82) is 0 Å². The highest BCUT2D eigenvalue weighted by Crippen LogP contribution is 2.17. The molecule has 2 aromatic rings. The zero-order chi connectivity index (χ0) is 23.3. The summed E-state index contributed by atoms with van der Waals surface area (Å²) >= 11 is -1.35. The number of benzene rings is 1. The van der Waals surface area contributed by atoms with Crippen LogP contribution in [0, 0.1) is 0 Å². The first-order chi connectivity index (χ1) is 16.1. The number of carbonyl (C=O) groups is 2. The fourth-order valence-electron chi connectivity index (χ4n) is 3.64. The second-order valence-corrected chi connectivity index (χ2v) is 9.63. The van der Waals surface area contributed by atoms with Crippen LogP contribution in [0.2, 0.25) is 0 Å². The summed E-state index contributed by atoms with van der Waals surface area (Å²) in [5.74, 6) is 0.531. The molecule has 0 spiro atoms. The third-order valence-electron chi connectivity index (χ3n) is 5.32. The van der Waals surface area contributed by atoms with Gasteiger partial charge in [-0.25, -0.2) is 0 Å². The first kappa shape index (κ1) is 25.1. The van der Waals surface area contributed by atoms with Gasteiger partial charge in [-0.1, -0.05) is 18.6 Å². The van der Waals surface area contributed by atoms with Crippen molar-refractivity contribution in [2.45, 2.75) is 32.2 Å². The molecule has 0 radical (unpaired) electrons. The number of amides is 2. The number of nitrogens with one attached hydrogen (secondary N) is 2. The average molecular weight is 476 g/mol. The van der Waals surface area contributed by atoms with Crippen molar-refractivity contribution in [3.05, 3.63) is 54.0 Å². The minimum atomic E-state index is -1.35. The van der Waals surface area contributed by atoms with Crippen molar-refractivity contribution in [1.82, 2.24) is 15.5 Å². The molecule has 33 heavy (non-hydrogen) atoms. The Bertz CT molecular complexity index is 856. The maximum absolute atomic E-state index is 12.0. The van der Waals surface area contributed by atoms with Gasteiger partial charge < -0.3 is 24.3 Å². The molecule has 3 rings (SSSR count). The van der Waals surface area contributed by atoms with Gasteiger partial charge in [-0.05, 0) is 73.4 Å². The van der Waals surface area contributed by atoms with Gasteiger partial charge >= 0.3 is 0 Å². The summed E-state index contributed by atoms with van der Waals surface area (Å²) in [7, 11) is 0. The fourth-order valence-corrected chi connectivity index (χ4v) is 4.51. The summed E-state index contributed by atoms with van der Waals surface area (Å²) in [6, 6.07) is 11.4. The largest absolute Gasteiger partial charge is 0.616 e. The number of furan rings is 1. The molecule has 2 N–H and O–H groups in total. The number of likely N-dealkylation sites (tertiary alicyclic amines) is 1. The monoisotopic (exact) mass is 475 g/mol. The Balaban J connectivity index is 1.23. The first-order valence-electron chi connectivity index (χ1n) is 11.5. The first-order valence-corrected chi connectivity index (χ1v) is 13.0. The zero-order valence-corrected chi connectivity index (χ0v) is 19.7. The molecule has 180 valence electrons. The van der Waals surface area contributed by atoms with Crippen LogP contribution in [0.4, 0.5) is 0 Å². The lowest BCUT2D eigenvalue weighted by atomic mass is 10.1. The van der Waals surface area contributed by atoms with E-state index in [0.717, 1.165) is 25.4 Å². The number of rotatable bonds is 13. The number of hydrogen-bond acceptors (Lipinski definition) is 6. The Kier molecular flexibility index (Phi) is 10.6. The SMILES string of the molecule is O=C(C[S+]([O-])CCNC(=O)c1ccco1)NCCCOc1cccc(CN2CCCCC2)c1. The Morgan fingerprint density at radius 2 is 1.94 bits per heavy atom. The molecule has 1 aromatic heterocycles. The molecule has 1 unspecified atom stereocenters. The summed E-state index contributed by atoms with van der Waals surface area (Å²) in [6.07, 6.45) is 5.95. The van der Waals surface area contributed by atoms with Crippen LogP contribution in [0.3, 0.4) is 0 Å². The highest BCUT2D eigenvalue weighted by atomic mass is 32.2. The van der Waals surface area contributed by atoms with Gasteiger partial charge in [0.1, 0.15) is 11.5 Å². The molecule has 0 bridgehead atoms. The van der Waals surface area contributed by atoms with Crippen LogP contribution in [0.5, 0.6) is 5.75 Å². The van der Waals surface area contributed by atoms with Gasteiger partial charge in [0.05, 0.1) is 19.4 Å². The second-order valence-electron chi connectivity index (χ2n) is 8.06. The number of hydrogen-bond donors (Lipinski definition) is 2. The van der Waals surface area contributed by atoms with Crippen molar-refractivity contribution in [2.75, 3.05) is 44.3 Å². The molecule has 0 aliphatic carbocycles. The van der Waals surface area contributed by atoms with E-state index in [2.05, 4.69) is 27.7 Å². The van der Waals surface area contributed by atoms with Crippen molar-refractivity contribution < 1.29 is 23.3 Å². The lowest BCUT2D eigenvalue weighted by Gasteiger charge is -2.26. The summed E-state index contributed by atoms with van der Waals surface area (Å²) in [5.41, 5.74) is 1.26. The van der Waals surface area contributed by atoms with Gasteiger partial charge in [0.2, 0.25) is 0 Å². The van der Waals surface area contributed by atoms with E-state index in [9.17, 15) is 14.1 Å².